The summed E-state index contributed by atoms with van der Waals surface area (Å²) in [7, 11) is 0. The summed E-state index contributed by atoms with van der Waals surface area (Å²) in [5.74, 6) is -0.0448. The van der Waals surface area contributed by atoms with Gasteiger partial charge in [-0.25, -0.2) is 0 Å². The van der Waals surface area contributed by atoms with Gasteiger partial charge in [-0.3, -0.25) is 4.79 Å². The minimum Gasteiger partial charge on any atom is -0.370 e. The lowest BCUT2D eigenvalue weighted by Crippen LogP contribution is -2.35. The standard InChI is InChI=1S/C32H32N2OS/c1-4-34(28-15-9-6-10-16-28)22-21-33-32(35)27-19-20-30(24(2)23-27)36-31-18-12-11-17-29(31)25(3)26-13-7-5-8-14-26/h5-20,23H,3-4,21-22H2,1-2H3,(H,33,35). The highest BCUT2D eigenvalue weighted by molar-refractivity contribution is 7.99. The number of nitrogens with one attached hydrogen (secondary N) is 1. The van der Waals surface area contributed by atoms with Gasteiger partial charge < -0.3 is 10.2 Å². The summed E-state index contributed by atoms with van der Waals surface area (Å²) in [6.07, 6.45) is 0. The zero-order valence-corrected chi connectivity index (χ0v) is 21.7. The molecule has 0 saturated heterocycles. The lowest BCUT2D eigenvalue weighted by molar-refractivity contribution is 0.0954. The lowest BCUT2D eigenvalue weighted by atomic mass is 10.00. The van der Waals surface area contributed by atoms with Crippen LogP contribution in [0.2, 0.25) is 0 Å². The molecule has 0 aliphatic rings. The number of para-hydroxylation sites is 1. The fourth-order valence-corrected chi connectivity index (χ4v) is 5.18. The Hall–Kier alpha value is -3.76. The monoisotopic (exact) mass is 492 g/mol. The number of anilines is 1. The highest BCUT2D eigenvalue weighted by Crippen LogP contribution is 2.37. The van der Waals surface area contributed by atoms with E-state index in [1.807, 2.05) is 60.7 Å². The van der Waals surface area contributed by atoms with E-state index >= 15 is 0 Å². The molecule has 4 aromatic carbocycles. The molecule has 0 saturated carbocycles. The number of benzene rings is 4. The molecule has 36 heavy (non-hydrogen) atoms. The van der Waals surface area contributed by atoms with Crippen LogP contribution in [0.4, 0.5) is 5.69 Å². The second kappa shape index (κ2) is 12.3. The van der Waals surface area contributed by atoms with E-state index in [4.69, 9.17) is 0 Å². The van der Waals surface area contributed by atoms with Crippen molar-refractivity contribution in [2.45, 2.75) is 23.6 Å². The summed E-state index contributed by atoms with van der Waals surface area (Å²) < 4.78 is 0. The van der Waals surface area contributed by atoms with E-state index in [-0.39, 0.29) is 5.91 Å². The van der Waals surface area contributed by atoms with Crippen molar-refractivity contribution >= 4 is 28.9 Å². The minimum absolute atomic E-state index is 0.0448. The molecule has 182 valence electrons. The molecule has 4 heteroatoms. The molecule has 0 radical (unpaired) electrons. The van der Waals surface area contributed by atoms with Crippen molar-refractivity contribution in [3.05, 3.63) is 132 Å². The topological polar surface area (TPSA) is 32.3 Å². The summed E-state index contributed by atoms with van der Waals surface area (Å²) in [6, 6.07) is 34.8. The first kappa shape index (κ1) is 25.3. The maximum absolute atomic E-state index is 12.8. The van der Waals surface area contributed by atoms with E-state index in [1.165, 1.54) is 5.69 Å². The van der Waals surface area contributed by atoms with Gasteiger partial charge in [-0.1, -0.05) is 85.1 Å². The number of likely N-dealkylation sites (N-methyl/N-ethyl adjacent to an activating group) is 1. The Labute approximate surface area is 218 Å². The first-order chi connectivity index (χ1) is 17.6. The van der Waals surface area contributed by atoms with Crippen molar-refractivity contribution in [2.75, 3.05) is 24.5 Å². The molecule has 0 unspecified atom stereocenters. The third-order valence-electron chi connectivity index (χ3n) is 6.16. The predicted octanol–water partition coefficient (Wildman–Crippen LogP) is 7.46. The van der Waals surface area contributed by atoms with Gasteiger partial charge in [0, 0.05) is 40.7 Å². The Bertz CT molecular complexity index is 1320. The number of aryl methyl sites for hydroxylation is 1. The van der Waals surface area contributed by atoms with Crippen LogP contribution in [0.15, 0.2) is 119 Å². The number of hydrogen-bond acceptors (Lipinski definition) is 3. The highest BCUT2D eigenvalue weighted by atomic mass is 32.2. The van der Waals surface area contributed by atoms with Gasteiger partial charge in [-0.15, -0.1) is 0 Å². The largest absolute Gasteiger partial charge is 0.370 e. The van der Waals surface area contributed by atoms with Gasteiger partial charge in [-0.05, 0) is 72.5 Å². The fraction of sp³-hybridized carbons (Fsp3) is 0.156. The van der Waals surface area contributed by atoms with Gasteiger partial charge in [0.15, 0.2) is 0 Å². The zero-order valence-electron chi connectivity index (χ0n) is 20.9. The first-order valence-electron chi connectivity index (χ1n) is 12.3. The smallest absolute Gasteiger partial charge is 0.251 e. The fourth-order valence-electron chi connectivity index (χ4n) is 4.14. The Kier molecular flexibility index (Phi) is 8.64. The van der Waals surface area contributed by atoms with Gasteiger partial charge >= 0.3 is 0 Å². The van der Waals surface area contributed by atoms with Crippen molar-refractivity contribution in [3.63, 3.8) is 0 Å². The normalized spacial score (nSPS) is 10.6. The molecule has 1 amide bonds. The number of rotatable bonds is 10. The van der Waals surface area contributed by atoms with E-state index in [1.54, 1.807) is 11.8 Å². The Balaban J connectivity index is 1.41. The third-order valence-corrected chi connectivity index (χ3v) is 7.42. The molecule has 0 heterocycles. The van der Waals surface area contributed by atoms with Gasteiger partial charge in [-0.2, -0.15) is 0 Å². The predicted molar refractivity (Wildman–Crippen MR) is 153 cm³/mol. The second-order valence-electron chi connectivity index (χ2n) is 8.59. The van der Waals surface area contributed by atoms with E-state index in [2.05, 4.69) is 73.1 Å². The van der Waals surface area contributed by atoms with Crippen LogP contribution < -0.4 is 10.2 Å². The zero-order chi connectivity index (χ0) is 25.3. The Morgan fingerprint density at radius 1 is 0.833 bits per heavy atom. The average Bonchev–Trinajstić information content (AvgIpc) is 2.93. The Morgan fingerprint density at radius 2 is 1.50 bits per heavy atom. The van der Waals surface area contributed by atoms with Crippen LogP contribution in [0.3, 0.4) is 0 Å². The van der Waals surface area contributed by atoms with Crippen LogP contribution in [0, 0.1) is 6.92 Å². The minimum atomic E-state index is -0.0448. The molecule has 1 N–H and O–H groups in total. The van der Waals surface area contributed by atoms with Crippen LogP contribution in [0.1, 0.15) is 34.0 Å². The van der Waals surface area contributed by atoms with E-state index in [9.17, 15) is 4.79 Å². The van der Waals surface area contributed by atoms with Crippen molar-refractivity contribution in [1.29, 1.82) is 0 Å². The van der Waals surface area contributed by atoms with Gasteiger partial charge in [0.1, 0.15) is 0 Å². The van der Waals surface area contributed by atoms with E-state index in [0.29, 0.717) is 12.1 Å². The van der Waals surface area contributed by atoms with Crippen LogP contribution in [0.25, 0.3) is 5.57 Å². The molecule has 0 aliphatic heterocycles. The molecule has 0 spiro atoms. The molecule has 0 aliphatic carbocycles. The van der Waals surface area contributed by atoms with Crippen molar-refractivity contribution in [1.82, 2.24) is 5.32 Å². The number of nitrogens with zero attached hydrogens (tertiary/aromatic N) is 1. The molecular weight excluding hydrogens is 460 g/mol. The molecule has 0 fully saturated rings. The third kappa shape index (κ3) is 6.27. The second-order valence-corrected chi connectivity index (χ2v) is 9.68. The van der Waals surface area contributed by atoms with Crippen molar-refractivity contribution in [2.24, 2.45) is 0 Å². The van der Waals surface area contributed by atoms with Gasteiger partial charge in [0.25, 0.3) is 5.91 Å². The average molecular weight is 493 g/mol. The van der Waals surface area contributed by atoms with Crippen molar-refractivity contribution in [3.8, 4) is 0 Å². The van der Waals surface area contributed by atoms with Crippen molar-refractivity contribution < 1.29 is 4.79 Å². The quantitative estimate of drug-likeness (QED) is 0.249. The van der Waals surface area contributed by atoms with Gasteiger partial charge in [0.2, 0.25) is 0 Å². The SMILES string of the molecule is C=C(c1ccccc1)c1ccccc1Sc1ccc(C(=O)NCCN(CC)c2ccccc2)cc1C. The van der Waals surface area contributed by atoms with E-state index < -0.39 is 0 Å². The maximum Gasteiger partial charge on any atom is 0.251 e. The number of carbonyl (C=O) groups excluding carboxylic acids is 1. The summed E-state index contributed by atoms with van der Waals surface area (Å²) in [4.78, 5) is 17.4. The van der Waals surface area contributed by atoms with Crippen LogP contribution in [-0.2, 0) is 0 Å². The number of hydrogen-bond donors (Lipinski definition) is 1. The summed E-state index contributed by atoms with van der Waals surface area (Å²) in [5, 5.41) is 3.07. The molecule has 3 nitrogen and oxygen atoms in total. The molecule has 0 atom stereocenters. The Morgan fingerprint density at radius 3 is 2.19 bits per heavy atom. The van der Waals surface area contributed by atoms with Crippen LogP contribution in [0.5, 0.6) is 0 Å². The summed E-state index contributed by atoms with van der Waals surface area (Å²) in [6.45, 7) is 10.8. The summed E-state index contributed by atoms with van der Waals surface area (Å²) in [5.41, 5.74) is 6.16. The lowest BCUT2D eigenvalue weighted by Gasteiger charge is -2.23. The number of amides is 1. The molecule has 0 bridgehead atoms. The first-order valence-corrected chi connectivity index (χ1v) is 13.1. The molecule has 4 aromatic rings. The summed E-state index contributed by atoms with van der Waals surface area (Å²) >= 11 is 1.71. The van der Waals surface area contributed by atoms with E-state index in [0.717, 1.165) is 45.1 Å². The number of carbonyl (C=O) groups is 1. The van der Waals surface area contributed by atoms with Gasteiger partial charge in [0.05, 0.1) is 0 Å². The van der Waals surface area contributed by atoms with Crippen LogP contribution >= 0.6 is 11.8 Å². The molecule has 4 rings (SSSR count). The molecule has 0 aromatic heterocycles. The van der Waals surface area contributed by atoms with Crippen LogP contribution in [-0.4, -0.2) is 25.5 Å². The molecular formula is C32H32N2OS. The maximum atomic E-state index is 12.8. The highest BCUT2D eigenvalue weighted by Gasteiger charge is 2.13.